The van der Waals surface area contributed by atoms with E-state index in [0.717, 1.165) is 0 Å². The smallest absolute Gasteiger partial charge is 0.196 e. The standard InChI is InChI=1S/C16H12O5/c17-11-2-3-12-15(7-11)21-8-10(16(12)20)5-9-1-4-13(18)14(19)6-9/h1-4,6-8,17-19H,5H2. The molecule has 0 amide bonds. The largest absolute Gasteiger partial charge is 0.508 e. The van der Waals surface area contributed by atoms with Crippen LogP contribution in [0.2, 0.25) is 0 Å². The fourth-order valence-corrected chi connectivity index (χ4v) is 2.18. The Morgan fingerprint density at radius 3 is 2.52 bits per heavy atom. The van der Waals surface area contributed by atoms with Gasteiger partial charge in [0.2, 0.25) is 0 Å². The highest BCUT2D eigenvalue weighted by molar-refractivity contribution is 5.78. The van der Waals surface area contributed by atoms with Gasteiger partial charge in [-0.3, -0.25) is 4.79 Å². The predicted octanol–water partition coefficient (Wildman–Crippen LogP) is 2.50. The fourth-order valence-electron chi connectivity index (χ4n) is 2.18. The van der Waals surface area contributed by atoms with E-state index in [1.165, 1.54) is 36.6 Å². The fraction of sp³-hybridized carbons (Fsp3) is 0.0625. The molecule has 1 heterocycles. The van der Waals surface area contributed by atoms with Gasteiger partial charge in [0.1, 0.15) is 11.3 Å². The summed E-state index contributed by atoms with van der Waals surface area (Å²) in [5, 5.41) is 28.5. The zero-order chi connectivity index (χ0) is 15.0. The van der Waals surface area contributed by atoms with Gasteiger partial charge in [0.15, 0.2) is 16.9 Å². The summed E-state index contributed by atoms with van der Waals surface area (Å²) in [5.41, 5.74) is 1.23. The van der Waals surface area contributed by atoms with Crippen LogP contribution in [0, 0.1) is 0 Å². The molecule has 0 saturated carbocycles. The summed E-state index contributed by atoms with van der Waals surface area (Å²) < 4.78 is 5.36. The molecule has 0 aliphatic heterocycles. The van der Waals surface area contributed by atoms with Crippen molar-refractivity contribution in [2.45, 2.75) is 6.42 Å². The van der Waals surface area contributed by atoms with Crippen LogP contribution in [0.5, 0.6) is 17.2 Å². The third-order valence-electron chi connectivity index (χ3n) is 3.26. The van der Waals surface area contributed by atoms with Crippen molar-refractivity contribution in [3.8, 4) is 17.2 Å². The Labute approximate surface area is 119 Å². The van der Waals surface area contributed by atoms with E-state index >= 15 is 0 Å². The number of fused-ring (bicyclic) bond motifs is 1. The van der Waals surface area contributed by atoms with Crippen molar-refractivity contribution in [1.82, 2.24) is 0 Å². The summed E-state index contributed by atoms with van der Waals surface area (Å²) in [6.45, 7) is 0. The molecular weight excluding hydrogens is 272 g/mol. The second-order valence-electron chi connectivity index (χ2n) is 4.77. The number of phenols is 3. The van der Waals surface area contributed by atoms with Crippen molar-refractivity contribution in [3.05, 3.63) is 64.0 Å². The number of benzene rings is 2. The lowest BCUT2D eigenvalue weighted by Gasteiger charge is -2.05. The first-order valence-corrected chi connectivity index (χ1v) is 6.29. The number of rotatable bonds is 2. The minimum Gasteiger partial charge on any atom is -0.508 e. The summed E-state index contributed by atoms with van der Waals surface area (Å²) in [6, 6.07) is 8.70. The van der Waals surface area contributed by atoms with E-state index in [4.69, 9.17) is 4.42 Å². The maximum Gasteiger partial charge on any atom is 0.196 e. The Morgan fingerprint density at radius 2 is 1.76 bits per heavy atom. The van der Waals surface area contributed by atoms with Crippen LogP contribution >= 0.6 is 0 Å². The van der Waals surface area contributed by atoms with Gasteiger partial charge in [-0.25, -0.2) is 0 Å². The molecule has 0 unspecified atom stereocenters. The van der Waals surface area contributed by atoms with E-state index in [9.17, 15) is 20.1 Å². The van der Waals surface area contributed by atoms with E-state index < -0.39 is 0 Å². The van der Waals surface area contributed by atoms with E-state index in [2.05, 4.69) is 0 Å². The second kappa shape index (κ2) is 4.86. The van der Waals surface area contributed by atoms with Crippen molar-refractivity contribution < 1.29 is 19.7 Å². The first kappa shape index (κ1) is 13.1. The summed E-state index contributed by atoms with van der Waals surface area (Å²) in [6.07, 6.45) is 1.61. The Morgan fingerprint density at radius 1 is 0.952 bits per heavy atom. The van der Waals surface area contributed by atoms with Gasteiger partial charge in [-0.1, -0.05) is 6.07 Å². The van der Waals surface area contributed by atoms with E-state index in [0.29, 0.717) is 22.1 Å². The van der Waals surface area contributed by atoms with Crippen LogP contribution in [0.15, 0.2) is 51.9 Å². The van der Waals surface area contributed by atoms with Gasteiger partial charge in [-0.05, 0) is 29.8 Å². The molecule has 0 saturated heterocycles. The molecule has 21 heavy (non-hydrogen) atoms. The molecule has 3 aromatic rings. The van der Waals surface area contributed by atoms with Crippen molar-refractivity contribution >= 4 is 11.0 Å². The monoisotopic (exact) mass is 284 g/mol. The molecule has 3 N–H and O–H groups in total. The van der Waals surface area contributed by atoms with E-state index in [1.54, 1.807) is 6.07 Å². The van der Waals surface area contributed by atoms with Crippen molar-refractivity contribution in [2.75, 3.05) is 0 Å². The number of hydrogen-bond donors (Lipinski definition) is 3. The van der Waals surface area contributed by atoms with Crippen molar-refractivity contribution in [2.24, 2.45) is 0 Å². The second-order valence-corrected chi connectivity index (χ2v) is 4.77. The SMILES string of the molecule is O=c1c(Cc2ccc(O)c(O)c2)coc2cc(O)ccc12. The first-order chi connectivity index (χ1) is 10.0. The maximum absolute atomic E-state index is 12.3. The molecular formula is C16H12O5. The van der Waals surface area contributed by atoms with E-state index in [1.807, 2.05) is 0 Å². The number of hydrogen-bond acceptors (Lipinski definition) is 5. The molecule has 0 aliphatic rings. The summed E-state index contributed by atoms with van der Waals surface area (Å²) >= 11 is 0. The lowest BCUT2D eigenvalue weighted by atomic mass is 10.0. The van der Waals surface area contributed by atoms with Crippen LogP contribution < -0.4 is 5.43 Å². The maximum atomic E-state index is 12.3. The van der Waals surface area contributed by atoms with Gasteiger partial charge in [0.25, 0.3) is 0 Å². The quantitative estimate of drug-likeness (QED) is 0.629. The van der Waals surface area contributed by atoms with Crippen LogP contribution in [0.3, 0.4) is 0 Å². The summed E-state index contributed by atoms with van der Waals surface area (Å²) in [7, 11) is 0. The molecule has 5 nitrogen and oxygen atoms in total. The molecule has 106 valence electrons. The first-order valence-electron chi connectivity index (χ1n) is 6.29. The van der Waals surface area contributed by atoms with E-state index in [-0.39, 0.29) is 29.1 Å². The highest BCUT2D eigenvalue weighted by Crippen LogP contribution is 2.26. The minimum atomic E-state index is -0.234. The highest BCUT2D eigenvalue weighted by atomic mass is 16.3. The average Bonchev–Trinajstić information content (AvgIpc) is 2.46. The van der Waals surface area contributed by atoms with Crippen molar-refractivity contribution in [3.63, 3.8) is 0 Å². The Balaban J connectivity index is 2.05. The van der Waals surface area contributed by atoms with Crippen LogP contribution in [-0.4, -0.2) is 15.3 Å². The Kier molecular flexibility index (Phi) is 3.02. The molecule has 0 bridgehead atoms. The summed E-state index contributed by atoms with van der Waals surface area (Å²) in [5.74, 6) is -0.413. The van der Waals surface area contributed by atoms with Crippen molar-refractivity contribution in [1.29, 1.82) is 0 Å². The molecule has 2 aromatic carbocycles. The summed E-state index contributed by atoms with van der Waals surface area (Å²) in [4.78, 5) is 12.3. The molecule has 5 heteroatoms. The van der Waals surface area contributed by atoms with Gasteiger partial charge < -0.3 is 19.7 Å². The van der Waals surface area contributed by atoms with Crippen LogP contribution in [-0.2, 0) is 6.42 Å². The molecule has 0 aliphatic carbocycles. The predicted molar refractivity (Wildman–Crippen MR) is 76.7 cm³/mol. The van der Waals surface area contributed by atoms with Crippen LogP contribution in [0.1, 0.15) is 11.1 Å². The lowest BCUT2D eigenvalue weighted by molar-refractivity contribution is 0.403. The molecule has 0 atom stereocenters. The molecule has 0 fully saturated rings. The third-order valence-corrected chi connectivity index (χ3v) is 3.26. The highest BCUT2D eigenvalue weighted by Gasteiger charge is 2.09. The topological polar surface area (TPSA) is 90.9 Å². The molecule has 3 rings (SSSR count). The van der Waals surface area contributed by atoms with Gasteiger partial charge in [-0.2, -0.15) is 0 Å². The third kappa shape index (κ3) is 2.41. The zero-order valence-corrected chi connectivity index (χ0v) is 10.9. The van der Waals surface area contributed by atoms with Gasteiger partial charge in [-0.15, -0.1) is 0 Å². The minimum absolute atomic E-state index is 0.0295. The zero-order valence-electron chi connectivity index (χ0n) is 10.9. The Bertz CT molecular complexity index is 879. The molecule has 1 aromatic heterocycles. The number of aromatic hydroxyl groups is 3. The van der Waals surface area contributed by atoms with Gasteiger partial charge >= 0.3 is 0 Å². The average molecular weight is 284 g/mol. The lowest BCUT2D eigenvalue weighted by Crippen LogP contribution is -2.09. The number of phenolic OH excluding ortho intramolecular Hbond substituents is 3. The van der Waals surface area contributed by atoms with Crippen LogP contribution in [0.4, 0.5) is 0 Å². The molecule has 0 radical (unpaired) electrons. The van der Waals surface area contributed by atoms with Gasteiger partial charge in [0, 0.05) is 18.1 Å². The van der Waals surface area contributed by atoms with Crippen LogP contribution in [0.25, 0.3) is 11.0 Å². The normalized spacial score (nSPS) is 10.9. The molecule has 0 spiro atoms. The van der Waals surface area contributed by atoms with Gasteiger partial charge in [0.05, 0.1) is 11.6 Å². The Hall–Kier alpha value is -2.95.